The van der Waals surface area contributed by atoms with Gasteiger partial charge < -0.3 is 21.5 Å². The van der Waals surface area contributed by atoms with Crippen LogP contribution in [-0.2, 0) is 4.79 Å². The van der Waals surface area contributed by atoms with Crippen molar-refractivity contribution >= 4 is 17.5 Å². The molecule has 0 aliphatic carbocycles. The molecule has 0 unspecified atom stereocenters. The Morgan fingerprint density at radius 3 is 2.29 bits per heavy atom. The molecule has 0 spiro atoms. The van der Waals surface area contributed by atoms with Gasteiger partial charge in [-0.3, -0.25) is 9.59 Å². The van der Waals surface area contributed by atoms with E-state index in [1.165, 1.54) is 0 Å². The van der Waals surface area contributed by atoms with Gasteiger partial charge in [0.2, 0.25) is 5.91 Å². The number of aliphatic hydroxyl groups is 1. The van der Waals surface area contributed by atoms with E-state index in [1.54, 1.807) is 24.3 Å². The van der Waals surface area contributed by atoms with E-state index >= 15 is 0 Å². The fourth-order valence-corrected chi connectivity index (χ4v) is 1.59. The van der Waals surface area contributed by atoms with Crippen molar-refractivity contribution < 1.29 is 14.7 Å². The van der Waals surface area contributed by atoms with E-state index in [9.17, 15) is 9.59 Å². The summed E-state index contributed by atoms with van der Waals surface area (Å²) in [5.74, 6) is -0.534. The Labute approximate surface area is 124 Å². The molecule has 116 valence electrons. The highest BCUT2D eigenvalue weighted by atomic mass is 16.3. The fourth-order valence-electron chi connectivity index (χ4n) is 1.59. The summed E-state index contributed by atoms with van der Waals surface area (Å²) in [6.07, 6.45) is 0. The summed E-state index contributed by atoms with van der Waals surface area (Å²) in [7, 11) is 0. The molecule has 21 heavy (non-hydrogen) atoms. The molecule has 0 saturated heterocycles. The zero-order chi connectivity index (χ0) is 16.0. The average molecular weight is 293 g/mol. The van der Waals surface area contributed by atoms with Crippen LogP contribution in [0.15, 0.2) is 24.3 Å². The zero-order valence-corrected chi connectivity index (χ0v) is 12.6. The van der Waals surface area contributed by atoms with E-state index in [-0.39, 0.29) is 30.4 Å². The molecule has 0 bridgehead atoms. The van der Waals surface area contributed by atoms with Crippen molar-refractivity contribution in [3.05, 3.63) is 29.8 Å². The summed E-state index contributed by atoms with van der Waals surface area (Å²) in [6, 6.07) is 5.86. The van der Waals surface area contributed by atoms with Crippen LogP contribution in [0.2, 0.25) is 0 Å². The first-order chi connectivity index (χ1) is 9.75. The van der Waals surface area contributed by atoms with Crippen LogP contribution < -0.4 is 16.4 Å². The number of hydrogen-bond donors (Lipinski definition) is 4. The lowest BCUT2D eigenvalue weighted by molar-refractivity contribution is -0.119. The van der Waals surface area contributed by atoms with Crippen molar-refractivity contribution in [3.63, 3.8) is 0 Å². The van der Waals surface area contributed by atoms with Crippen molar-refractivity contribution in [1.29, 1.82) is 0 Å². The number of anilines is 1. The Hall–Kier alpha value is -1.92. The highest BCUT2D eigenvalue weighted by Gasteiger charge is 2.27. The molecule has 0 saturated carbocycles. The Morgan fingerprint density at radius 2 is 1.81 bits per heavy atom. The monoisotopic (exact) mass is 293 g/mol. The maximum absolute atomic E-state index is 12.0. The molecule has 1 aromatic carbocycles. The maximum Gasteiger partial charge on any atom is 0.251 e. The summed E-state index contributed by atoms with van der Waals surface area (Å²) in [5.41, 5.74) is 6.59. The zero-order valence-electron chi connectivity index (χ0n) is 12.6. The van der Waals surface area contributed by atoms with E-state index in [2.05, 4.69) is 10.6 Å². The lowest BCUT2D eigenvalue weighted by Crippen LogP contribution is -2.45. The van der Waals surface area contributed by atoms with Gasteiger partial charge in [0.15, 0.2) is 0 Å². The summed E-state index contributed by atoms with van der Waals surface area (Å²) >= 11 is 0. The van der Waals surface area contributed by atoms with Gasteiger partial charge in [0.1, 0.15) is 0 Å². The van der Waals surface area contributed by atoms with Gasteiger partial charge in [0.25, 0.3) is 5.91 Å². The van der Waals surface area contributed by atoms with Gasteiger partial charge in [-0.15, -0.1) is 0 Å². The van der Waals surface area contributed by atoms with E-state index in [0.29, 0.717) is 11.3 Å². The fraction of sp³-hybridized carbons (Fsp3) is 0.467. The number of hydrogen-bond acceptors (Lipinski definition) is 4. The molecule has 1 rings (SSSR count). The van der Waals surface area contributed by atoms with E-state index in [0.717, 1.165) is 0 Å². The molecule has 0 aliphatic rings. The van der Waals surface area contributed by atoms with E-state index in [4.69, 9.17) is 10.8 Å². The van der Waals surface area contributed by atoms with Crippen LogP contribution in [0.1, 0.15) is 31.1 Å². The normalized spacial score (nSPS) is 12.6. The van der Waals surface area contributed by atoms with Crippen LogP contribution in [-0.4, -0.2) is 36.1 Å². The number of nitrogens with one attached hydrogen (secondary N) is 2. The topological polar surface area (TPSA) is 104 Å². The first-order valence-electron chi connectivity index (χ1n) is 6.81. The highest BCUT2D eigenvalue weighted by Crippen LogP contribution is 2.19. The van der Waals surface area contributed by atoms with Gasteiger partial charge in [0.05, 0.1) is 12.6 Å². The number of aliphatic hydroxyl groups excluding tert-OH is 1. The first-order valence-corrected chi connectivity index (χ1v) is 6.81. The van der Waals surface area contributed by atoms with Gasteiger partial charge in [-0.1, -0.05) is 20.8 Å². The number of rotatable bonds is 5. The van der Waals surface area contributed by atoms with Gasteiger partial charge in [0, 0.05) is 17.8 Å². The molecule has 2 amide bonds. The summed E-state index contributed by atoms with van der Waals surface area (Å²) in [5, 5.41) is 13.9. The third kappa shape index (κ3) is 5.17. The summed E-state index contributed by atoms with van der Waals surface area (Å²) < 4.78 is 0. The minimum absolute atomic E-state index is 0.107. The molecule has 0 heterocycles. The Bertz CT molecular complexity index is 492. The van der Waals surface area contributed by atoms with Crippen LogP contribution >= 0.6 is 0 Å². The Balaban J connectivity index is 2.67. The minimum atomic E-state index is -0.620. The van der Waals surface area contributed by atoms with E-state index < -0.39 is 6.04 Å². The molecule has 1 aromatic rings. The molecule has 5 N–H and O–H groups in total. The molecule has 1 atom stereocenters. The van der Waals surface area contributed by atoms with Crippen LogP contribution in [0.25, 0.3) is 0 Å². The Morgan fingerprint density at radius 1 is 1.24 bits per heavy atom. The summed E-state index contributed by atoms with van der Waals surface area (Å²) in [6.45, 7) is 5.78. The molecule has 0 radical (unpaired) electrons. The van der Waals surface area contributed by atoms with Crippen LogP contribution in [0.5, 0.6) is 0 Å². The van der Waals surface area contributed by atoms with Gasteiger partial charge in [-0.2, -0.15) is 0 Å². The van der Waals surface area contributed by atoms with Crippen LogP contribution in [0.3, 0.4) is 0 Å². The number of nitrogens with two attached hydrogens (primary N) is 1. The standard InChI is InChI=1S/C15H23N3O3/c1-15(2,3)12(16)14(21)18-11-6-4-10(5-7-11)13(20)17-8-9-19/h4-7,12,19H,8-9,16H2,1-3H3,(H,17,20)(H,18,21)/t12-/m1/s1. The van der Waals surface area contributed by atoms with E-state index in [1.807, 2.05) is 20.8 Å². The molecule has 6 heteroatoms. The maximum atomic E-state index is 12.0. The third-order valence-corrected chi connectivity index (χ3v) is 3.03. The van der Waals surface area contributed by atoms with Crippen molar-refractivity contribution in [2.24, 2.45) is 11.1 Å². The van der Waals surface area contributed by atoms with Gasteiger partial charge in [-0.05, 0) is 29.7 Å². The molecular formula is C15H23N3O3. The second kappa shape index (κ2) is 7.19. The SMILES string of the molecule is CC(C)(C)[C@H](N)C(=O)Nc1ccc(C(=O)NCCO)cc1. The van der Waals surface area contributed by atoms with Crippen molar-refractivity contribution in [2.75, 3.05) is 18.5 Å². The van der Waals surface area contributed by atoms with Crippen LogP contribution in [0, 0.1) is 5.41 Å². The third-order valence-electron chi connectivity index (χ3n) is 3.03. The van der Waals surface area contributed by atoms with Gasteiger partial charge >= 0.3 is 0 Å². The predicted molar refractivity (Wildman–Crippen MR) is 81.9 cm³/mol. The highest BCUT2D eigenvalue weighted by molar-refractivity contribution is 5.97. The number of benzene rings is 1. The van der Waals surface area contributed by atoms with Crippen molar-refractivity contribution in [2.45, 2.75) is 26.8 Å². The molecule has 0 fully saturated rings. The second-order valence-electron chi connectivity index (χ2n) is 5.89. The first kappa shape index (κ1) is 17.1. The number of amides is 2. The second-order valence-corrected chi connectivity index (χ2v) is 5.89. The number of carbonyl (C=O) groups excluding carboxylic acids is 2. The lowest BCUT2D eigenvalue weighted by Gasteiger charge is -2.25. The van der Waals surface area contributed by atoms with Crippen molar-refractivity contribution in [3.8, 4) is 0 Å². The molecule has 6 nitrogen and oxygen atoms in total. The predicted octanol–water partition coefficient (Wildman–Crippen LogP) is 0.721. The molecule has 0 aliphatic heterocycles. The summed E-state index contributed by atoms with van der Waals surface area (Å²) in [4.78, 5) is 23.6. The smallest absolute Gasteiger partial charge is 0.251 e. The molecule has 0 aromatic heterocycles. The quantitative estimate of drug-likeness (QED) is 0.642. The largest absolute Gasteiger partial charge is 0.395 e. The average Bonchev–Trinajstić information content (AvgIpc) is 2.43. The molecular weight excluding hydrogens is 270 g/mol. The van der Waals surface area contributed by atoms with Crippen LogP contribution in [0.4, 0.5) is 5.69 Å². The van der Waals surface area contributed by atoms with Gasteiger partial charge in [-0.25, -0.2) is 0 Å². The van der Waals surface area contributed by atoms with Crippen molar-refractivity contribution in [1.82, 2.24) is 5.32 Å². The minimum Gasteiger partial charge on any atom is -0.395 e. The Kier molecular flexibility index (Phi) is 5.87. The lowest BCUT2D eigenvalue weighted by atomic mass is 9.87. The number of carbonyl (C=O) groups is 2.